The average molecular weight is 483 g/mol. The van der Waals surface area contributed by atoms with Crippen molar-refractivity contribution in [3.63, 3.8) is 0 Å². The molecule has 0 aliphatic carbocycles. The summed E-state index contributed by atoms with van der Waals surface area (Å²) < 4.78 is 53.7. The van der Waals surface area contributed by atoms with E-state index in [-0.39, 0.29) is 17.8 Å². The summed E-state index contributed by atoms with van der Waals surface area (Å²) in [5.74, 6) is -0.869. The number of nitrogens with one attached hydrogen (secondary N) is 1. The van der Waals surface area contributed by atoms with Gasteiger partial charge in [0.1, 0.15) is 5.82 Å². The number of para-hydroxylation sites is 1. The van der Waals surface area contributed by atoms with E-state index in [4.69, 9.17) is 9.47 Å². The number of halogens is 1. The number of amides is 1. The second-order valence-electron chi connectivity index (χ2n) is 7.61. The molecule has 34 heavy (non-hydrogen) atoms. The van der Waals surface area contributed by atoms with Crippen LogP contribution in [-0.2, 0) is 21.4 Å². The van der Waals surface area contributed by atoms with Gasteiger partial charge < -0.3 is 14.8 Å². The molecule has 1 heterocycles. The number of nitrogens with zero attached hydrogens (tertiary/aromatic N) is 1. The molecule has 9 heteroatoms. The number of sulfonamides is 1. The smallest absolute Gasteiger partial charge is 0.270 e. The summed E-state index contributed by atoms with van der Waals surface area (Å²) >= 11 is 0. The van der Waals surface area contributed by atoms with E-state index in [9.17, 15) is 17.6 Å². The van der Waals surface area contributed by atoms with Crippen LogP contribution >= 0.6 is 0 Å². The van der Waals surface area contributed by atoms with E-state index in [1.807, 2.05) is 6.07 Å². The lowest BCUT2D eigenvalue weighted by Gasteiger charge is -2.33. The molecule has 176 valence electrons. The molecule has 0 saturated heterocycles. The van der Waals surface area contributed by atoms with Gasteiger partial charge >= 0.3 is 0 Å². The number of carbonyl (C=O) groups excluding carboxylic acids is 1. The van der Waals surface area contributed by atoms with E-state index in [1.54, 1.807) is 49.4 Å². The second kappa shape index (κ2) is 9.18. The van der Waals surface area contributed by atoms with Gasteiger partial charge in [0.15, 0.2) is 16.4 Å². The minimum Gasteiger partial charge on any atom is -0.493 e. The molecule has 7 nitrogen and oxygen atoms in total. The van der Waals surface area contributed by atoms with Crippen molar-refractivity contribution in [1.29, 1.82) is 0 Å². The monoisotopic (exact) mass is 482 g/mol. The normalized spacial score (nSPS) is 14.4. The molecule has 1 aliphatic rings. The van der Waals surface area contributed by atoms with Crippen LogP contribution in [0.25, 0.3) is 5.57 Å². The van der Waals surface area contributed by atoms with Gasteiger partial charge in [0.2, 0.25) is 0 Å². The first-order valence-corrected chi connectivity index (χ1v) is 11.8. The predicted octanol–water partition coefficient (Wildman–Crippen LogP) is 4.56. The quantitative estimate of drug-likeness (QED) is 0.557. The van der Waals surface area contributed by atoms with E-state index in [0.717, 1.165) is 9.87 Å². The number of rotatable bonds is 6. The summed E-state index contributed by atoms with van der Waals surface area (Å²) in [5, 5.41) is 2.40. The van der Waals surface area contributed by atoms with Crippen molar-refractivity contribution in [2.45, 2.75) is 13.5 Å². The summed E-state index contributed by atoms with van der Waals surface area (Å²) in [4.78, 5) is 12.8. The SMILES string of the molecule is COc1cc2c(cc1OC)N(Cc1ccccc1)S(=O)(=O)C(C(=O)Nc1ccccc1F)=C2C. The van der Waals surface area contributed by atoms with E-state index >= 15 is 0 Å². The van der Waals surface area contributed by atoms with Crippen molar-refractivity contribution >= 4 is 32.9 Å². The van der Waals surface area contributed by atoms with Crippen LogP contribution in [0.1, 0.15) is 18.1 Å². The van der Waals surface area contributed by atoms with Crippen molar-refractivity contribution in [2.24, 2.45) is 0 Å². The molecule has 1 amide bonds. The highest BCUT2D eigenvalue weighted by Gasteiger charge is 2.40. The number of fused-ring (bicyclic) bond motifs is 1. The van der Waals surface area contributed by atoms with Crippen molar-refractivity contribution < 1.29 is 27.1 Å². The zero-order chi connectivity index (χ0) is 24.5. The van der Waals surface area contributed by atoms with E-state index < -0.39 is 26.7 Å². The Bertz CT molecular complexity index is 1390. The highest BCUT2D eigenvalue weighted by molar-refractivity contribution is 7.97. The van der Waals surface area contributed by atoms with Crippen LogP contribution < -0.4 is 19.1 Å². The topological polar surface area (TPSA) is 84.9 Å². The van der Waals surface area contributed by atoms with Gasteiger partial charge in [0.05, 0.1) is 32.1 Å². The summed E-state index contributed by atoms with van der Waals surface area (Å²) in [6.45, 7) is 1.52. The number of hydrogen-bond acceptors (Lipinski definition) is 5. The Morgan fingerprint density at radius 2 is 1.59 bits per heavy atom. The van der Waals surface area contributed by atoms with Crippen LogP contribution in [0.2, 0.25) is 0 Å². The van der Waals surface area contributed by atoms with Gasteiger partial charge in [-0.05, 0) is 36.3 Å². The van der Waals surface area contributed by atoms with Gasteiger partial charge in [-0.2, -0.15) is 0 Å². The Morgan fingerprint density at radius 1 is 0.971 bits per heavy atom. The lowest BCUT2D eigenvalue weighted by Crippen LogP contribution is -2.39. The molecular weight excluding hydrogens is 459 g/mol. The molecule has 0 atom stereocenters. The van der Waals surface area contributed by atoms with E-state index in [0.29, 0.717) is 22.7 Å². The zero-order valence-corrected chi connectivity index (χ0v) is 19.6. The van der Waals surface area contributed by atoms with Crippen LogP contribution in [0, 0.1) is 5.82 Å². The molecule has 4 rings (SSSR count). The minimum atomic E-state index is -4.32. The standard InChI is InChI=1S/C25H23FN2O5S/c1-16-18-13-22(32-2)23(33-3)14-21(18)28(15-17-9-5-4-6-10-17)34(30,31)24(16)25(29)27-20-12-8-7-11-19(20)26/h4-14H,15H2,1-3H3,(H,27,29). The number of methoxy groups -OCH3 is 2. The first-order chi connectivity index (χ1) is 16.3. The fourth-order valence-corrected chi connectivity index (χ4v) is 5.61. The highest BCUT2D eigenvalue weighted by Crippen LogP contribution is 2.45. The summed E-state index contributed by atoms with van der Waals surface area (Å²) in [5.41, 5.74) is 1.66. The number of benzene rings is 3. The Morgan fingerprint density at radius 3 is 2.24 bits per heavy atom. The van der Waals surface area contributed by atoms with Gasteiger partial charge in [-0.15, -0.1) is 0 Å². The largest absolute Gasteiger partial charge is 0.493 e. The molecule has 0 fully saturated rings. The molecule has 0 bridgehead atoms. The summed E-state index contributed by atoms with van der Waals surface area (Å²) in [6.07, 6.45) is 0. The molecule has 0 saturated carbocycles. The first kappa shape index (κ1) is 23.3. The third kappa shape index (κ3) is 4.10. The van der Waals surface area contributed by atoms with Crippen molar-refractivity contribution in [1.82, 2.24) is 0 Å². The Balaban J connectivity index is 1.90. The third-order valence-corrected chi connectivity index (χ3v) is 7.47. The fraction of sp³-hybridized carbons (Fsp3) is 0.160. The predicted molar refractivity (Wildman–Crippen MR) is 129 cm³/mol. The van der Waals surface area contributed by atoms with Gasteiger partial charge in [0, 0.05) is 11.6 Å². The number of carbonyl (C=O) groups is 1. The van der Waals surface area contributed by atoms with Gasteiger partial charge in [0.25, 0.3) is 15.9 Å². The molecule has 1 aliphatic heterocycles. The molecule has 0 unspecified atom stereocenters. The fourth-order valence-electron chi connectivity index (χ4n) is 3.88. The maximum absolute atomic E-state index is 14.2. The number of anilines is 2. The number of hydrogen-bond donors (Lipinski definition) is 1. The minimum absolute atomic E-state index is 0.0184. The molecule has 1 N–H and O–H groups in total. The number of allylic oxidation sites excluding steroid dienone is 1. The molecule has 0 radical (unpaired) electrons. The van der Waals surface area contributed by atoms with Crippen LogP contribution in [0.4, 0.5) is 15.8 Å². The lowest BCUT2D eigenvalue weighted by molar-refractivity contribution is -0.112. The third-order valence-electron chi connectivity index (χ3n) is 5.56. The lowest BCUT2D eigenvalue weighted by atomic mass is 10.0. The molecule has 0 aromatic heterocycles. The van der Waals surface area contributed by atoms with Crippen LogP contribution in [0.15, 0.2) is 71.6 Å². The van der Waals surface area contributed by atoms with Crippen LogP contribution in [-0.4, -0.2) is 28.5 Å². The highest BCUT2D eigenvalue weighted by atomic mass is 32.2. The van der Waals surface area contributed by atoms with Gasteiger partial charge in [-0.3, -0.25) is 9.10 Å². The van der Waals surface area contributed by atoms with E-state index in [2.05, 4.69) is 5.32 Å². The first-order valence-electron chi connectivity index (χ1n) is 10.4. The maximum atomic E-state index is 14.2. The second-order valence-corrected chi connectivity index (χ2v) is 9.41. The van der Waals surface area contributed by atoms with Gasteiger partial charge in [-0.25, -0.2) is 12.8 Å². The Hall–Kier alpha value is -3.85. The molecular formula is C25H23FN2O5S. The average Bonchev–Trinajstić information content (AvgIpc) is 2.83. The van der Waals surface area contributed by atoms with Crippen LogP contribution in [0.5, 0.6) is 11.5 Å². The number of ether oxygens (including phenoxy) is 2. The van der Waals surface area contributed by atoms with Gasteiger partial charge in [-0.1, -0.05) is 42.5 Å². The van der Waals surface area contributed by atoms with Crippen LogP contribution in [0.3, 0.4) is 0 Å². The molecule has 3 aromatic carbocycles. The summed E-state index contributed by atoms with van der Waals surface area (Å²) in [7, 11) is -1.39. The van der Waals surface area contributed by atoms with E-state index in [1.165, 1.54) is 32.4 Å². The molecule has 3 aromatic rings. The Kier molecular flexibility index (Phi) is 6.30. The van der Waals surface area contributed by atoms with Crippen molar-refractivity contribution in [3.8, 4) is 11.5 Å². The zero-order valence-electron chi connectivity index (χ0n) is 18.8. The molecule has 0 spiro atoms. The Labute approximate surface area is 197 Å². The maximum Gasteiger partial charge on any atom is 0.270 e. The van der Waals surface area contributed by atoms with Crippen molar-refractivity contribution in [3.05, 3.63) is 88.6 Å². The summed E-state index contributed by atoms with van der Waals surface area (Å²) in [6, 6.07) is 17.8. The van der Waals surface area contributed by atoms with Crippen molar-refractivity contribution in [2.75, 3.05) is 23.8 Å².